The molecule has 0 aliphatic carbocycles. The predicted molar refractivity (Wildman–Crippen MR) is 103 cm³/mol. The quantitative estimate of drug-likeness (QED) is 0.533. The number of carboxylic acids is 1. The fourth-order valence-electron chi connectivity index (χ4n) is 2.75. The summed E-state index contributed by atoms with van der Waals surface area (Å²) in [6, 6.07) is 16.3. The van der Waals surface area contributed by atoms with Gasteiger partial charge < -0.3 is 5.11 Å². The molecule has 0 aliphatic heterocycles. The summed E-state index contributed by atoms with van der Waals surface area (Å²) < 4.78 is 29.5. The number of carbonyl (C=O) groups is 1. The van der Waals surface area contributed by atoms with E-state index in [1.807, 2.05) is 36.4 Å². The van der Waals surface area contributed by atoms with Crippen molar-refractivity contribution in [2.45, 2.75) is 24.3 Å². The second-order valence-corrected chi connectivity index (χ2v) is 7.87. The Bertz CT molecular complexity index is 1050. The minimum atomic E-state index is -3.65. The molecular formula is C19H20N4O4S. The van der Waals surface area contributed by atoms with Gasteiger partial charge in [0.2, 0.25) is 10.0 Å². The van der Waals surface area contributed by atoms with Crippen LogP contribution in [0.1, 0.15) is 23.3 Å². The van der Waals surface area contributed by atoms with E-state index in [9.17, 15) is 13.2 Å². The number of aromatic carboxylic acids is 1. The lowest BCUT2D eigenvalue weighted by Gasteiger charge is -2.11. The lowest BCUT2D eigenvalue weighted by atomic mass is 10.1. The van der Waals surface area contributed by atoms with Crippen LogP contribution in [0.2, 0.25) is 0 Å². The number of hydrogen-bond donors (Lipinski definition) is 2. The summed E-state index contributed by atoms with van der Waals surface area (Å²) in [5, 5.41) is 16.1. The van der Waals surface area contributed by atoms with Crippen LogP contribution in [0.15, 0.2) is 65.7 Å². The van der Waals surface area contributed by atoms with Gasteiger partial charge in [0.05, 0.1) is 11.1 Å². The van der Waals surface area contributed by atoms with Crippen LogP contribution in [0.25, 0.3) is 11.1 Å². The normalized spacial score (nSPS) is 11.4. The third kappa shape index (κ3) is 4.81. The minimum absolute atomic E-state index is 0.113. The highest BCUT2D eigenvalue weighted by Gasteiger charge is 2.18. The van der Waals surface area contributed by atoms with Crippen LogP contribution in [0.5, 0.6) is 0 Å². The van der Waals surface area contributed by atoms with Crippen molar-refractivity contribution in [1.29, 1.82) is 0 Å². The molecule has 0 bridgehead atoms. The standard InChI is InChI=1S/C19H20N4O4S/c24-19(25)17-14-23(22-21-17)13-7-6-12-20-28(26,27)18-11-5-4-10-16(18)15-8-2-1-3-9-15/h1-5,8-11,14,20H,6-7,12-13H2,(H,24,25). The number of carboxylic acid groups (broad SMARTS) is 1. The Balaban J connectivity index is 1.58. The van der Waals surface area contributed by atoms with E-state index in [-0.39, 0.29) is 17.1 Å². The Hall–Kier alpha value is -3.04. The highest BCUT2D eigenvalue weighted by atomic mass is 32.2. The molecule has 3 rings (SSSR count). The number of aryl methyl sites for hydroxylation is 1. The van der Waals surface area contributed by atoms with E-state index in [0.29, 0.717) is 24.9 Å². The zero-order valence-corrected chi connectivity index (χ0v) is 15.8. The van der Waals surface area contributed by atoms with Gasteiger partial charge >= 0.3 is 5.97 Å². The van der Waals surface area contributed by atoms with E-state index in [4.69, 9.17) is 5.11 Å². The lowest BCUT2D eigenvalue weighted by Crippen LogP contribution is -2.25. The van der Waals surface area contributed by atoms with Gasteiger partial charge in [-0.05, 0) is 24.5 Å². The Morgan fingerprint density at radius 3 is 2.46 bits per heavy atom. The molecule has 0 fully saturated rings. The summed E-state index contributed by atoms with van der Waals surface area (Å²) in [6.07, 6.45) is 2.56. The van der Waals surface area contributed by atoms with Crippen LogP contribution in [-0.2, 0) is 16.6 Å². The summed E-state index contributed by atoms with van der Waals surface area (Å²) in [5.74, 6) is -1.13. The van der Waals surface area contributed by atoms with Crippen molar-refractivity contribution in [3.8, 4) is 11.1 Å². The van der Waals surface area contributed by atoms with E-state index >= 15 is 0 Å². The number of nitrogens with zero attached hydrogens (tertiary/aromatic N) is 3. The van der Waals surface area contributed by atoms with E-state index in [1.165, 1.54) is 10.9 Å². The molecule has 3 aromatic rings. The van der Waals surface area contributed by atoms with Gasteiger partial charge in [-0.25, -0.2) is 17.9 Å². The van der Waals surface area contributed by atoms with Gasteiger partial charge in [-0.3, -0.25) is 4.68 Å². The summed E-state index contributed by atoms with van der Waals surface area (Å²) >= 11 is 0. The average molecular weight is 400 g/mol. The van der Waals surface area contributed by atoms with E-state index < -0.39 is 16.0 Å². The van der Waals surface area contributed by atoms with Crippen LogP contribution < -0.4 is 4.72 Å². The number of nitrogens with one attached hydrogen (secondary N) is 1. The second-order valence-electron chi connectivity index (χ2n) is 6.14. The molecular weight excluding hydrogens is 380 g/mol. The van der Waals surface area contributed by atoms with Gasteiger partial charge in [-0.1, -0.05) is 53.7 Å². The molecule has 1 heterocycles. The van der Waals surface area contributed by atoms with Crippen LogP contribution in [0.3, 0.4) is 0 Å². The molecule has 146 valence electrons. The van der Waals surface area contributed by atoms with Crippen molar-refractivity contribution in [1.82, 2.24) is 19.7 Å². The van der Waals surface area contributed by atoms with Crippen LogP contribution >= 0.6 is 0 Å². The zero-order valence-electron chi connectivity index (χ0n) is 15.0. The van der Waals surface area contributed by atoms with E-state index in [1.54, 1.807) is 18.2 Å². The van der Waals surface area contributed by atoms with E-state index in [0.717, 1.165) is 5.56 Å². The van der Waals surface area contributed by atoms with Gasteiger partial charge in [-0.15, -0.1) is 5.10 Å². The Morgan fingerprint density at radius 1 is 1.04 bits per heavy atom. The Kier molecular flexibility index (Phi) is 6.17. The van der Waals surface area contributed by atoms with Crippen molar-refractivity contribution in [2.24, 2.45) is 0 Å². The molecule has 2 aromatic carbocycles. The molecule has 0 saturated heterocycles. The van der Waals surface area contributed by atoms with Crippen LogP contribution in [0.4, 0.5) is 0 Å². The van der Waals surface area contributed by atoms with Crippen molar-refractivity contribution < 1.29 is 18.3 Å². The summed E-state index contributed by atoms with van der Waals surface area (Å²) in [5.41, 5.74) is 1.38. The van der Waals surface area contributed by atoms with Crippen molar-refractivity contribution >= 4 is 16.0 Å². The maximum absolute atomic E-state index is 12.7. The van der Waals surface area contributed by atoms with Crippen molar-refractivity contribution in [2.75, 3.05) is 6.54 Å². The average Bonchev–Trinajstić information content (AvgIpc) is 3.18. The predicted octanol–water partition coefficient (Wildman–Crippen LogP) is 2.40. The SMILES string of the molecule is O=C(O)c1cn(CCCCNS(=O)(=O)c2ccccc2-c2ccccc2)nn1. The van der Waals surface area contributed by atoms with Crippen LogP contribution in [-0.4, -0.2) is 41.0 Å². The first kappa shape index (κ1) is 19.7. The molecule has 0 spiro atoms. The Labute approximate surface area is 162 Å². The van der Waals surface area contributed by atoms with Gasteiger partial charge in [0.1, 0.15) is 0 Å². The largest absolute Gasteiger partial charge is 0.476 e. The first-order valence-electron chi connectivity index (χ1n) is 8.75. The first-order valence-corrected chi connectivity index (χ1v) is 10.2. The Morgan fingerprint density at radius 2 is 1.75 bits per heavy atom. The number of benzene rings is 2. The van der Waals surface area contributed by atoms with E-state index in [2.05, 4.69) is 15.0 Å². The number of hydrogen-bond acceptors (Lipinski definition) is 5. The molecule has 0 atom stereocenters. The summed E-state index contributed by atoms with van der Waals surface area (Å²) in [7, 11) is -3.65. The lowest BCUT2D eigenvalue weighted by molar-refractivity contribution is 0.0690. The van der Waals surface area contributed by atoms with Crippen LogP contribution in [0, 0.1) is 0 Å². The smallest absolute Gasteiger partial charge is 0.358 e. The minimum Gasteiger partial charge on any atom is -0.476 e. The third-order valence-corrected chi connectivity index (χ3v) is 5.64. The number of rotatable bonds is 9. The molecule has 0 aliphatic rings. The summed E-state index contributed by atoms with van der Waals surface area (Å²) in [4.78, 5) is 11.0. The van der Waals surface area contributed by atoms with Gasteiger partial charge in [-0.2, -0.15) is 0 Å². The number of unbranched alkanes of at least 4 members (excludes halogenated alkanes) is 1. The van der Waals surface area contributed by atoms with Crippen molar-refractivity contribution in [3.63, 3.8) is 0 Å². The van der Waals surface area contributed by atoms with Gasteiger partial charge in [0, 0.05) is 18.7 Å². The molecule has 1 aromatic heterocycles. The first-order chi connectivity index (χ1) is 13.5. The number of sulfonamides is 1. The monoisotopic (exact) mass is 400 g/mol. The second kappa shape index (κ2) is 8.77. The molecule has 0 radical (unpaired) electrons. The third-order valence-electron chi connectivity index (χ3n) is 4.13. The molecule has 0 saturated carbocycles. The maximum atomic E-state index is 12.7. The molecule has 28 heavy (non-hydrogen) atoms. The van der Waals surface area contributed by atoms with Gasteiger partial charge in [0.25, 0.3) is 0 Å². The molecule has 0 amide bonds. The maximum Gasteiger partial charge on any atom is 0.358 e. The molecule has 0 unspecified atom stereocenters. The topological polar surface area (TPSA) is 114 Å². The fraction of sp³-hybridized carbons (Fsp3) is 0.211. The molecule has 8 nitrogen and oxygen atoms in total. The molecule has 9 heteroatoms. The highest BCUT2D eigenvalue weighted by molar-refractivity contribution is 7.89. The van der Waals surface area contributed by atoms with Crippen molar-refractivity contribution in [3.05, 3.63) is 66.5 Å². The highest BCUT2D eigenvalue weighted by Crippen LogP contribution is 2.26. The fourth-order valence-corrected chi connectivity index (χ4v) is 4.05. The number of aromatic nitrogens is 3. The molecule has 2 N–H and O–H groups in total. The zero-order chi connectivity index (χ0) is 20.0. The summed E-state index contributed by atoms with van der Waals surface area (Å²) in [6.45, 7) is 0.731. The van der Waals surface area contributed by atoms with Gasteiger partial charge in [0.15, 0.2) is 5.69 Å².